The molecule has 0 spiro atoms. The molecule has 2 amide bonds. The van der Waals surface area contributed by atoms with Crippen molar-refractivity contribution >= 4 is 23.4 Å². The molecule has 36 heavy (non-hydrogen) atoms. The Morgan fingerprint density at radius 3 is 2.75 bits per heavy atom. The third-order valence-corrected chi connectivity index (χ3v) is 6.49. The molecule has 10 nitrogen and oxygen atoms in total. The van der Waals surface area contributed by atoms with Crippen LogP contribution < -0.4 is 21.1 Å². The van der Waals surface area contributed by atoms with Crippen LogP contribution in [0.5, 0.6) is 0 Å². The van der Waals surface area contributed by atoms with Gasteiger partial charge in [-0.15, -0.1) is 0 Å². The summed E-state index contributed by atoms with van der Waals surface area (Å²) in [5.41, 5.74) is 3.55. The summed E-state index contributed by atoms with van der Waals surface area (Å²) in [5.74, 6) is 2.18. The molecule has 1 atom stereocenters. The normalized spacial score (nSPS) is 17.4. The second-order valence-corrected chi connectivity index (χ2v) is 9.05. The number of morpholine rings is 1. The Bertz CT molecular complexity index is 1290. The van der Waals surface area contributed by atoms with Crippen LogP contribution in [0, 0.1) is 0 Å². The maximum atomic E-state index is 12.5. The first-order chi connectivity index (χ1) is 17.5. The third kappa shape index (κ3) is 5.03. The molecular weight excluding hydrogens is 458 g/mol. The van der Waals surface area contributed by atoms with E-state index in [0.29, 0.717) is 50.9 Å². The van der Waals surface area contributed by atoms with Crippen LogP contribution in [0.15, 0.2) is 47.3 Å². The van der Waals surface area contributed by atoms with Gasteiger partial charge in [0, 0.05) is 42.5 Å². The number of pyridine rings is 1. The lowest BCUT2D eigenvalue weighted by Gasteiger charge is -2.37. The lowest BCUT2D eigenvalue weighted by atomic mass is 10.0. The maximum absolute atomic E-state index is 12.5. The zero-order valence-corrected chi connectivity index (χ0v) is 20.6. The maximum Gasteiger partial charge on any atom is 0.317 e. The van der Waals surface area contributed by atoms with Crippen LogP contribution >= 0.6 is 0 Å². The molecule has 10 heteroatoms. The fourth-order valence-corrected chi connectivity index (χ4v) is 4.63. The smallest absolute Gasteiger partial charge is 0.317 e. The number of carbonyl (C=O) groups is 1. The van der Waals surface area contributed by atoms with Crippen LogP contribution in [0.3, 0.4) is 0 Å². The molecule has 0 bridgehead atoms. The second kappa shape index (κ2) is 10.4. The van der Waals surface area contributed by atoms with Gasteiger partial charge in [0.2, 0.25) is 5.56 Å². The van der Waals surface area contributed by atoms with E-state index >= 15 is 0 Å². The van der Waals surface area contributed by atoms with Gasteiger partial charge in [0.25, 0.3) is 0 Å². The zero-order valence-electron chi connectivity index (χ0n) is 20.6. The number of anilines is 3. The van der Waals surface area contributed by atoms with Crippen LogP contribution in [0.25, 0.3) is 11.4 Å². The predicted octanol–water partition coefficient (Wildman–Crippen LogP) is 2.89. The average molecular weight is 490 g/mol. The van der Waals surface area contributed by atoms with E-state index in [0.717, 1.165) is 34.9 Å². The monoisotopic (exact) mass is 489 g/mol. The van der Waals surface area contributed by atoms with E-state index in [-0.39, 0.29) is 17.6 Å². The fraction of sp³-hybridized carbons (Fsp3) is 0.385. The Morgan fingerprint density at radius 1 is 1.17 bits per heavy atom. The molecule has 2 aliphatic rings. The van der Waals surface area contributed by atoms with E-state index in [1.54, 1.807) is 12.1 Å². The van der Waals surface area contributed by atoms with Crippen molar-refractivity contribution in [2.75, 3.05) is 43.1 Å². The highest BCUT2D eigenvalue weighted by atomic mass is 16.5. The topological polar surface area (TPSA) is 115 Å². The fourth-order valence-electron chi connectivity index (χ4n) is 4.63. The van der Waals surface area contributed by atoms with E-state index in [2.05, 4.69) is 27.4 Å². The first kappa shape index (κ1) is 23.8. The van der Waals surface area contributed by atoms with Crippen LogP contribution in [-0.2, 0) is 17.7 Å². The number of amides is 2. The number of aromatic amines is 1. The van der Waals surface area contributed by atoms with Crippen LogP contribution in [0.2, 0.25) is 0 Å². The van der Waals surface area contributed by atoms with Crippen molar-refractivity contribution in [2.24, 2.45) is 0 Å². The third-order valence-electron chi connectivity index (χ3n) is 6.49. The van der Waals surface area contributed by atoms with Gasteiger partial charge in [-0.3, -0.25) is 4.79 Å². The molecule has 1 aromatic carbocycles. The molecule has 0 saturated carbocycles. The Labute approximate surface area is 209 Å². The van der Waals surface area contributed by atoms with E-state index < -0.39 is 0 Å². The summed E-state index contributed by atoms with van der Waals surface area (Å²) in [6, 6.07) is 12.9. The van der Waals surface area contributed by atoms with Gasteiger partial charge >= 0.3 is 6.03 Å². The molecule has 2 aliphatic heterocycles. The molecule has 0 radical (unpaired) electrons. The number of nitrogens with zero attached hydrogens (tertiary/aromatic N) is 4. The van der Waals surface area contributed by atoms with Crippen molar-refractivity contribution in [3.63, 3.8) is 0 Å². The highest BCUT2D eigenvalue weighted by Crippen LogP contribution is 2.32. The summed E-state index contributed by atoms with van der Waals surface area (Å²) in [5, 5.41) is 6.10. The number of aromatic nitrogens is 3. The van der Waals surface area contributed by atoms with Crippen LogP contribution in [0.1, 0.15) is 25.1 Å². The number of urea groups is 1. The Hall–Kier alpha value is -3.92. The van der Waals surface area contributed by atoms with E-state index in [1.807, 2.05) is 36.1 Å². The van der Waals surface area contributed by atoms with Gasteiger partial charge in [-0.05, 0) is 50.6 Å². The molecule has 5 rings (SSSR count). The number of H-pyrrole nitrogens is 1. The van der Waals surface area contributed by atoms with Gasteiger partial charge in [0.15, 0.2) is 5.82 Å². The lowest BCUT2D eigenvalue weighted by molar-refractivity contribution is 0.0983. The van der Waals surface area contributed by atoms with Gasteiger partial charge in [-0.2, -0.15) is 0 Å². The number of nitrogens with one attached hydrogen (secondary N) is 3. The summed E-state index contributed by atoms with van der Waals surface area (Å²) < 4.78 is 5.66. The molecule has 3 N–H and O–H groups in total. The summed E-state index contributed by atoms with van der Waals surface area (Å²) in [7, 11) is 0. The molecule has 2 aromatic heterocycles. The number of rotatable bonds is 5. The number of carbonyl (C=O) groups excluding carboxylic acids is 1. The Morgan fingerprint density at radius 2 is 2.00 bits per heavy atom. The molecule has 1 unspecified atom stereocenters. The first-order valence-electron chi connectivity index (χ1n) is 12.4. The second-order valence-electron chi connectivity index (χ2n) is 9.05. The molecule has 1 fully saturated rings. The predicted molar refractivity (Wildman–Crippen MR) is 139 cm³/mol. The molecule has 1 saturated heterocycles. The van der Waals surface area contributed by atoms with E-state index in [1.165, 1.54) is 6.07 Å². The van der Waals surface area contributed by atoms with Crippen LogP contribution in [0.4, 0.5) is 22.1 Å². The van der Waals surface area contributed by atoms with Gasteiger partial charge in [-0.25, -0.2) is 14.8 Å². The summed E-state index contributed by atoms with van der Waals surface area (Å²) in [4.78, 5) is 40.9. The minimum Gasteiger partial charge on any atom is -0.377 e. The zero-order chi connectivity index (χ0) is 25.1. The Balaban J connectivity index is 1.48. The molecule has 188 valence electrons. The molecule has 0 aliphatic carbocycles. The molecular formula is C26H31N7O3. The molecule has 3 aromatic rings. The quantitative estimate of drug-likeness (QED) is 0.505. The highest BCUT2D eigenvalue weighted by Gasteiger charge is 2.30. The van der Waals surface area contributed by atoms with E-state index in [9.17, 15) is 9.59 Å². The number of benzene rings is 1. The largest absolute Gasteiger partial charge is 0.377 e. The minimum atomic E-state index is -0.161. The van der Waals surface area contributed by atoms with Crippen molar-refractivity contribution in [3.05, 3.63) is 64.1 Å². The Kier molecular flexibility index (Phi) is 6.86. The van der Waals surface area contributed by atoms with Gasteiger partial charge < -0.3 is 30.2 Å². The van der Waals surface area contributed by atoms with E-state index in [4.69, 9.17) is 14.7 Å². The standard InChI is InChI=1S/C26H31N7O3/c1-3-27-26(35)32-12-11-20-21(15-32)29-24(31-25(20)33-13-14-36-16-17(33)2)18-7-9-19(10-8-18)28-22-5-4-6-23(34)30-22/h4-10,17H,3,11-16H2,1-2H3,(H,27,35)(H2,28,30,34). The minimum absolute atomic E-state index is 0.0704. The summed E-state index contributed by atoms with van der Waals surface area (Å²) in [6.07, 6.45) is 0.713. The van der Waals surface area contributed by atoms with Gasteiger partial charge in [-0.1, -0.05) is 6.07 Å². The van der Waals surface area contributed by atoms with Gasteiger partial charge in [0.1, 0.15) is 11.6 Å². The average Bonchev–Trinajstić information content (AvgIpc) is 2.89. The number of fused-ring (bicyclic) bond motifs is 1. The lowest BCUT2D eigenvalue weighted by Crippen LogP contribution is -2.46. The first-order valence-corrected chi connectivity index (χ1v) is 12.4. The number of ether oxygens (including phenoxy) is 1. The van der Waals surface area contributed by atoms with Crippen molar-refractivity contribution in [3.8, 4) is 11.4 Å². The summed E-state index contributed by atoms with van der Waals surface area (Å²) in [6.45, 7) is 7.81. The molecule has 4 heterocycles. The van der Waals surface area contributed by atoms with Crippen LogP contribution in [-0.4, -0.2) is 64.8 Å². The number of hydrogen-bond donors (Lipinski definition) is 3. The van der Waals surface area contributed by atoms with Crippen molar-refractivity contribution in [1.82, 2.24) is 25.2 Å². The van der Waals surface area contributed by atoms with Crippen molar-refractivity contribution < 1.29 is 9.53 Å². The van der Waals surface area contributed by atoms with Gasteiger partial charge in [0.05, 0.1) is 31.5 Å². The summed E-state index contributed by atoms with van der Waals surface area (Å²) >= 11 is 0. The number of hydrogen-bond acceptors (Lipinski definition) is 7. The SMILES string of the molecule is CCNC(=O)N1CCc2c(nc(-c3ccc(Nc4cccc(=O)[nH]4)cc3)nc2N2CCOCC2C)C1. The van der Waals surface area contributed by atoms with Crippen molar-refractivity contribution in [2.45, 2.75) is 32.9 Å². The van der Waals surface area contributed by atoms with Crippen molar-refractivity contribution in [1.29, 1.82) is 0 Å². The highest BCUT2D eigenvalue weighted by molar-refractivity contribution is 5.75.